The van der Waals surface area contributed by atoms with Crippen LogP contribution in [0.2, 0.25) is 0 Å². The van der Waals surface area contributed by atoms with Gasteiger partial charge in [0.25, 0.3) is 0 Å². The summed E-state index contributed by atoms with van der Waals surface area (Å²) < 4.78 is 10.5. The van der Waals surface area contributed by atoms with Crippen LogP contribution >= 0.6 is 0 Å². The minimum absolute atomic E-state index is 0.133. The quantitative estimate of drug-likeness (QED) is 0.494. The molecular formula is C10H16O3. The van der Waals surface area contributed by atoms with Crippen LogP contribution < -0.4 is 0 Å². The average Bonchev–Trinajstić information content (AvgIpc) is 2.77. The molecule has 1 aliphatic carbocycles. The first-order chi connectivity index (χ1) is 6.31. The van der Waals surface area contributed by atoms with Gasteiger partial charge in [0.2, 0.25) is 0 Å². The van der Waals surface area contributed by atoms with Crippen molar-refractivity contribution in [2.24, 2.45) is 0 Å². The van der Waals surface area contributed by atoms with Gasteiger partial charge in [0.1, 0.15) is 6.10 Å². The zero-order valence-corrected chi connectivity index (χ0v) is 7.99. The van der Waals surface area contributed by atoms with Crippen molar-refractivity contribution in [3.63, 3.8) is 0 Å². The monoisotopic (exact) mass is 184 g/mol. The Labute approximate surface area is 78.4 Å². The number of carbonyl (C=O) groups is 1. The lowest BCUT2D eigenvalue weighted by Gasteiger charge is -2.09. The van der Waals surface area contributed by atoms with Crippen molar-refractivity contribution in [1.29, 1.82) is 0 Å². The number of epoxide rings is 1. The standard InChI is InChI=1S/C10H16O3/c1-2-8-9(13-8)10(11)12-7-5-3-4-6-7/h7-9H,2-6H2,1H3. The number of hydrogen-bond acceptors (Lipinski definition) is 3. The van der Waals surface area contributed by atoms with Crippen LogP contribution in [0, 0.1) is 0 Å². The largest absolute Gasteiger partial charge is 0.460 e. The first-order valence-electron chi connectivity index (χ1n) is 5.17. The van der Waals surface area contributed by atoms with Crippen LogP contribution in [-0.2, 0) is 14.3 Å². The van der Waals surface area contributed by atoms with Gasteiger partial charge in [-0.2, -0.15) is 0 Å². The van der Waals surface area contributed by atoms with E-state index in [1.54, 1.807) is 0 Å². The van der Waals surface area contributed by atoms with Crippen molar-refractivity contribution in [2.45, 2.75) is 57.3 Å². The molecular weight excluding hydrogens is 168 g/mol. The van der Waals surface area contributed by atoms with Crippen LogP contribution in [0.25, 0.3) is 0 Å². The topological polar surface area (TPSA) is 38.8 Å². The van der Waals surface area contributed by atoms with E-state index in [1.807, 2.05) is 6.92 Å². The smallest absolute Gasteiger partial charge is 0.338 e. The van der Waals surface area contributed by atoms with Gasteiger partial charge in [-0.05, 0) is 32.1 Å². The summed E-state index contributed by atoms with van der Waals surface area (Å²) in [5.74, 6) is -0.140. The molecule has 0 spiro atoms. The first-order valence-corrected chi connectivity index (χ1v) is 5.17. The molecule has 0 radical (unpaired) electrons. The highest BCUT2D eigenvalue weighted by atomic mass is 16.6. The maximum absolute atomic E-state index is 11.4. The normalized spacial score (nSPS) is 33.3. The summed E-state index contributed by atoms with van der Waals surface area (Å²) in [5.41, 5.74) is 0. The molecule has 0 amide bonds. The van der Waals surface area contributed by atoms with E-state index in [9.17, 15) is 4.79 Å². The molecule has 2 unspecified atom stereocenters. The Hall–Kier alpha value is -0.570. The van der Waals surface area contributed by atoms with Gasteiger partial charge in [0, 0.05) is 0 Å². The van der Waals surface area contributed by atoms with E-state index in [0.29, 0.717) is 0 Å². The SMILES string of the molecule is CCC1OC1C(=O)OC1CCCC1. The van der Waals surface area contributed by atoms with Gasteiger partial charge in [-0.15, -0.1) is 0 Å². The molecule has 1 saturated carbocycles. The van der Waals surface area contributed by atoms with Crippen molar-refractivity contribution >= 4 is 5.97 Å². The minimum atomic E-state index is -0.245. The van der Waals surface area contributed by atoms with Crippen LogP contribution in [0.3, 0.4) is 0 Å². The van der Waals surface area contributed by atoms with Crippen LogP contribution in [0.1, 0.15) is 39.0 Å². The number of esters is 1. The van der Waals surface area contributed by atoms with E-state index in [0.717, 1.165) is 19.3 Å². The molecule has 2 fully saturated rings. The zero-order valence-electron chi connectivity index (χ0n) is 7.99. The molecule has 0 aromatic carbocycles. The fourth-order valence-electron chi connectivity index (χ4n) is 1.90. The van der Waals surface area contributed by atoms with E-state index in [4.69, 9.17) is 9.47 Å². The fourth-order valence-corrected chi connectivity index (χ4v) is 1.90. The summed E-state index contributed by atoms with van der Waals surface area (Å²) in [6.07, 6.45) is 5.43. The predicted molar refractivity (Wildman–Crippen MR) is 47.3 cm³/mol. The summed E-state index contributed by atoms with van der Waals surface area (Å²) >= 11 is 0. The van der Waals surface area contributed by atoms with Crippen LogP contribution in [0.5, 0.6) is 0 Å². The second-order valence-electron chi connectivity index (χ2n) is 3.85. The van der Waals surface area contributed by atoms with Crippen molar-refractivity contribution in [1.82, 2.24) is 0 Å². The van der Waals surface area contributed by atoms with Gasteiger partial charge in [0.05, 0.1) is 6.10 Å². The first kappa shape index (κ1) is 9.00. The summed E-state index contributed by atoms with van der Waals surface area (Å²) in [5, 5.41) is 0. The van der Waals surface area contributed by atoms with Crippen molar-refractivity contribution < 1.29 is 14.3 Å². The van der Waals surface area contributed by atoms with Crippen molar-refractivity contribution in [2.75, 3.05) is 0 Å². The third-order valence-electron chi connectivity index (χ3n) is 2.80. The van der Waals surface area contributed by atoms with Gasteiger partial charge < -0.3 is 9.47 Å². The van der Waals surface area contributed by atoms with Crippen LogP contribution in [0.15, 0.2) is 0 Å². The predicted octanol–water partition coefficient (Wildman–Crippen LogP) is 1.65. The summed E-state index contributed by atoms with van der Waals surface area (Å²) in [6, 6.07) is 0. The Morgan fingerprint density at radius 2 is 2.15 bits per heavy atom. The van der Waals surface area contributed by atoms with Gasteiger partial charge in [0.15, 0.2) is 6.10 Å². The van der Waals surface area contributed by atoms with E-state index in [2.05, 4.69) is 0 Å². The number of ether oxygens (including phenoxy) is 2. The summed E-state index contributed by atoms with van der Waals surface area (Å²) in [7, 11) is 0. The zero-order chi connectivity index (χ0) is 9.26. The molecule has 0 aromatic rings. The Bertz CT molecular complexity index is 196. The lowest BCUT2D eigenvalue weighted by Crippen LogP contribution is -2.20. The van der Waals surface area contributed by atoms with E-state index in [1.165, 1.54) is 12.8 Å². The summed E-state index contributed by atoms with van der Waals surface area (Å²) in [4.78, 5) is 11.4. The second-order valence-corrected chi connectivity index (χ2v) is 3.85. The number of rotatable bonds is 3. The molecule has 13 heavy (non-hydrogen) atoms. The molecule has 1 saturated heterocycles. The maximum atomic E-state index is 11.4. The number of carbonyl (C=O) groups excluding carboxylic acids is 1. The second kappa shape index (κ2) is 3.66. The van der Waals surface area contributed by atoms with Crippen LogP contribution in [-0.4, -0.2) is 24.3 Å². The highest BCUT2D eigenvalue weighted by Gasteiger charge is 2.45. The van der Waals surface area contributed by atoms with Crippen molar-refractivity contribution in [3.05, 3.63) is 0 Å². The van der Waals surface area contributed by atoms with E-state index in [-0.39, 0.29) is 24.3 Å². The molecule has 0 N–H and O–H groups in total. The molecule has 1 aliphatic heterocycles. The Morgan fingerprint density at radius 3 is 2.69 bits per heavy atom. The van der Waals surface area contributed by atoms with Gasteiger partial charge >= 0.3 is 5.97 Å². The van der Waals surface area contributed by atoms with Crippen LogP contribution in [0.4, 0.5) is 0 Å². The number of hydrogen-bond donors (Lipinski definition) is 0. The third-order valence-corrected chi connectivity index (χ3v) is 2.80. The van der Waals surface area contributed by atoms with Gasteiger partial charge in [-0.3, -0.25) is 0 Å². The fraction of sp³-hybridized carbons (Fsp3) is 0.900. The maximum Gasteiger partial charge on any atom is 0.338 e. The molecule has 3 nitrogen and oxygen atoms in total. The van der Waals surface area contributed by atoms with Gasteiger partial charge in [-0.25, -0.2) is 4.79 Å². The highest BCUT2D eigenvalue weighted by molar-refractivity contribution is 5.78. The van der Waals surface area contributed by atoms with E-state index >= 15 is 0 Å². The Kier molecular flexibility index (Phi) is 2.54. The van der Waals surface area contributed by atoms with E-state index < -0.39 is 0 Å². The summed E-state index contributed by atoms with van der Waals surface area (Å²) in [6.45, 7) is 2.02. The molecule has 0 bridgehead atoms. The molecule has 0 aromatic heterocycles. The lowest BCUT2D eigenvalue weighted by molar-refractivity contribution is -0.150. The minimum Gasteiger partial charge on any atom is -0.460 e. The van der Waals surface area contributed by atoms with Crippen molar-refractivity contribution in [3.8, 4) is 0 Å². The highest BCUT2D eigenvalue weighted by Crippen LogP contribution is 2.28. The molecule has 2 rings (SSSR count). The molecule has 74 valence electrons. The molecule has 3 heteroatoms. The molecule has 2 atom stereocenters. The lowest BCUT2D eigenvalue weighted by atomic mass is 10.2. The Balaban J connectivity index is 1.72. The Morgan fingerprint density at radius 1 is 1.46 bits per heavy atom. The molecule has 1 heterocycles. The molecule has 2 aliphatic rings. The average molecular weight is 184 g/mol. The van der Waals surface area contributed by atoms with Gasteiger partial charge in [-0.1, -0.05) is 6.92 Å². The third kappa shape index (κ3) is 2.02.